The summed E-state index contributed by atoms with van der Waals surface area (Å²) in [7, 11) is 3.21. The predicted molar refractivity (Wildman–Crippen MR) is 156 cm³/mol. The van der Waals surface area contributed by atoms with Gasteiger partial charge in [-0.1, -0.05) is 30.3 Å². The summed E-state index contributed by atoms with van der Waals surface area (Å²) in [5.74, 6) is -1.65. The Bertz CT molecular complexity index is 1480. The second-order valence-corrected chi connectivity index (χ2v) is 10.8. The molecule has 1 fully saturated rings. The molecule has 11 heteroatoms. The molecule has 3 N–H and O–H groups in total. The topological polar surface area (TPSA) is 128 Å². The van der Waals surface area contributed by atoms with Gasteiger partial charge in [-0.3, -0.25) is 24.1 Å². The van der Waals surface area contributed by atoms with Crippen molar-refractivity contribution in [2.24, 2.45) is 0 Å². The fraction of sp³-hybridized carbons (Fsp3) is 0.300. The molecule has 2 aromatic rings. The van der Waals surface area contributed by atoms with Gasteiger partial charge in [-0.15, -0.1) is 0 Å². The number of anilines is 2. The highest BCUT2D eigenvalue weighted by Gasteiger charge is 2.41. The van der Waals surface area contributed by atoms with E-state index in [2.05, 4.69) is 22.5 Å². The lowest BCUT2D eigenvalue weighted by Gasteiger charge is -2.29. The first-order valence-electron chi connectivity index (χ1n) is 13.1. The standard InChI is InChI=1S/C30H32ClN5O5/c1-17-5-7-20(14-24(17)31)13-23(37)9-8-19-11-21(15-22(12-19)34-30(41)35(3)4)33-25-16-27(38)36(29(25)40)26-10-6-18(2)32-28(26)39/h5,7,11-12,14-16,26,33H,2,6,8-10,13H2,1,3-4H3,(H,32,39)(H,34,41). The van der Waals surface area contributed by atoms with Crippen molar-refractivity contribution < 1.29 is 24.0 Å². The van der Waals surface area contributed by atoms with Gasteiger partial charge in [-0.05, 0) is 67.1 Å². The maximum atomic E-state index is 13.2. The van der Waals surface area contributed by atoms with E-state index in [1.807, 2.05) is 19.1 Å². The van der Waals surface area contributed by atoms with Crippen LogP contribution >= 0.6 is 11.6 Å². The summed E-state index contributed by atoms with van der Waals surface area (Å²) in [6.07, 6.45) is 2.77. The molecule has 1 saturated heterocycles. The number of Topliss-reactive ketones (excluding diaryl/α,β-unsaturated/α-hetero) is 1. The van der Waals surface area contributed by atoms with Crippen molar-refractivity contribution in [2.45, 2.75) is 45.1 Å². The minimum absolute atomic E-state index is 0.00145. The number of carbonyl (C=O) groups excluding carboxylic acids is 5. The summed E-state index contributed by atoms with van der Waals surface area (Å²) in [6, 6.07) is 9.39. The van der Waals surface area contributed by atoms with Gasteiger partial charge in [0.25, 0.3) is 11.8 Å². The zero-order chi connectivity index (χ0) is 29.8. The van der Waals surface area contributed by atoms with Crippen molar-refractivity contribution in [3.8, 4) is 0 Å². The summed E-state index contributed by atoms with van der Waals surface area (Å²) in [5, 5.41) is 8.96. The van der Waals surface area contributed by atoms with E-state index in [1.165, 1.54) is 4.90 Å². The number of aryl methyl sites for hydroxylation is 2. The summed E-state index contributed by atoms with van der Waals surface area (Å²) < 4.78 is 0. The summed E-state index contributed by atoms with van der Waals surface area (Å²) in [4.78, 5) is 65.7. The van der Waals surface area contributed by atoms with Gasteiger partial charge in [-0.25, -0.2) is 4.79 Å². The number of hydrogen-bond donors (Lipinski definition) is 3. The molecule has 5 amide bonds. The zero-order valence-electron chi connectivity index (χ0n) is 23.2. The number of allylic oxidation sites excluding steroid dienone is 1. The van der Waals surface area contributed by atoms with Crippen molar-refractivity contribution in [3.05, 3.63) is 82.2 Å². The van der Waals surface area contributed by atoms with Crippen LogP contribution in [0, 0.1) is 6.92 Å². The summed E-state index contributed by atoms with van der Waals surface area (Å²) in [6.45, 7) is 5.63. The molecule has 0 spiro atoms. The lowest BCUT2D eigenvalue weighted by atomic mass is 10.0. The van der Waals surface area contributed by atoms with Crippen LogP contribution < -0.4 is 16.0 Å². The van der Waals surface area contributed by atoms with E-state index in [0.29, 0.717) is 41.4 Å². The monoisotopic (exact) mass is 577 g/mol. The van der Waals surface area contributed by atoms with Crippen molar-refractivity contribution in [1.29, 1.82) is 0 Å². The molecule has 2 aromatic carbocycles. The third-order valence-corrected chi connectivity index (χ3v) is 7.25. The number of rotatable bonds is 9. The van der Waals surface area contributed by atoms with Crippen LogP contribution in [0.3, 0.4) is 0 Å². The van der Waals surface area contributed by atoms with E-state index in [-0.39, 0.29) is 30.4 Å². The average molecular weight is 578 g/mol. The van der Waals surface area contributed by atoms with Crippen molar-refractivity contribution >= 4 is 52.5 Å². The smallest absolute Gasteiger partial charge is 0.321 e. The Balaban J connectivity index is 1.50. The van der Waals surface area contributed by atoms with Crippen LogP contribution in [0.2, 0.25) is 5.02 Å². The van der Waals surface area contributed by atoms with Gasteiger partial charge in [-0.2, -0.15) is 0 Å². The van der Waals surface area contributed by atoms with Gasteiger partial charge < -0.3 is 20.9 Å². The molecule has 2 heterocycles. The van der Waals surface area contributed by atoms with Crippen LogP contribution in [-0.2, 0) is 32.0 Å². The van der Waals surface area contributed by atoms with Crippen molar-refractivity contribution in [2.75, 3.05) is 24.7 Å². The van der Waals surface area contributed by atoms with Gasteiger partial charge in [0.1, 0.15) is 17.5 Å². The third-order valence-electron chi connectivity index (χ3n) is 6.85. The maximum absolute atomic E-state index is 13.2. The minimum atomic E-state index is -0.924. The fourth-order valence-corrected chi connectivity index (χ4v) is 4.80. The second kappa shape index (κ2) is 12.4. The molecule has 4 rings (SSSR count). The van der Waals surface area contributed by atoms with Crippen LogP contribution in [0.25, 0.3) is 0 Å². The average Bonchev–Trinajstić information content (AvgIpc) is 3.17. The van der Waals surface area contributed by atoms with Crippen LogP contribution in [0.15, 0.2) is 60.4 Å². The number of urea groups is 1. The minimum Gasteiger partial charge on any atom is -0.351 e. The maximum Gasteiger partial charge on any atom is 0.321 e. The molecule has 10 nitrogen and oxygen atoms in total. The Labute approximate surface area is 243 Å². The van der Waals surface area contributed by atoms with Crippen molar-refractivity contribution in [3.63, 3.8) is 0 Å². The third kappa shape index (κ3) is 7.20. The molecule has 0 radical (unpaired) electrons. The Kier molecular flexibility index (Phi) is 8.92. The fourth-order valence-electron chi connectivity index (χ4n) is 4.60. The molecule has 41 heavy (non-hydrogen) atoms. The molecule has 0 aliphatic carbocycles. The first-order chi connectivity index (χ1) is 19.4. The van der Waals surface area contributed by atoms with Gasteiger partial charge >= 0.3 is 6.03 Å². The SMILES string of the molecule is C=C1CCC(N2C(=O)C=C(Nc3cc(CCC(=O)Cc4ccc(C)c(Cl)c4)cc(NC(=O)N(C)C)c3)C2=O)C(=O)N1. The van der Waals surface area contributed by atoms with Crippen LogP contribution in [0.1, 0.15) is 36.0 Å². The Hall–Kier alpha value is -4.44. The van der Waals surface area contributed by atoms with Gasteiger partial charge in [0.15, 0.2) is 0 Å². The molecule has 0 bridgehead atoms. The molecule has 0 saturated carbocycles. The van der Waals surface area contributed by atoms with Crippen molar-refractivity contribution in [1.82, 2.24) is 15.1 Å². The number of benzene rings is 2. The molecular formula is C30H32ClN5O5. The molecular weight excluding hydrogens is 546 g/mol. The van der Waals surface area contributed by atoms with E-state index in [1.54, 1.807) is 38.4 Å². The van der Waals surface area contributed by atoms with E-state index in [9.17, 15) is 24.0 Å². The highest BCUT2D eigenvalue weighted by Crippen LogP contribution is 2.27. The van der Waals surface area contributed by atoms with Crippen LogP contribution in [-0.4, -0.2) is 59.5 Å². The van der Waals surface area contributed by atoms with E-state index >= 15 is 0 Å². The highest BCUT2D eigenvalue weighted by molar-refractivity contribution is 6.31. The van der Waals surface area contributed by atoms with Crippen LogP contribution in [0.4, 0.5) is 16.2 Å². The van der Waals surface area contributed by atoms with Gasteiger partial charge in [0, 0.05) is 55.1 Å². The highest BCUT2D eigenvalue weighted by atomic mass is 35.5. The quantitative estimate of drug-likeness (QED) is 0.387. The first-order valence-corrected chi connectivity index (χ1v) is 13.5. The van der Waals surface area contributed by atoms with Gasteiger partial charge in [0.05, 0.1) is 0 Å². The predicted octanol–water partition coefficient (Wildman–Crippen LogP) is 3.94. The number of ketones is 1. The number of amides is 5. The molecule has 1 atom stereocenters. The first kappa shape index (κ1) is 29.5. The summed E-state index contributed by atoms with van der Waals surface area (Å²) >= 11 is 6.19. The zero-order valence-corrected chi connectivity index (χ0v) is 23.9. The van der Waals surface area contributed by atoms with E-state index in [0.717, 1.165) is 27.7 Å². The number of nitrogens with one attached hydrogen (secondary N) is 3. The number of halogens is 1. The number of imide groups is 1. The number of carbonyl (C=O) groups is 5. The number of nitrogens with zero attached hydrogens (tertiary/aromatic N) is 2. The molecule has 2 aliphatic rings. The van der Waals surface area contributed by atoms with E-state index < -0.39 is 23.8 Å². The van der Waals surface area contributed by atoms with E-state index in [4.69, 9.17) is 11.6 Å². The van der Waals surface area contributed by atoms with Gasteiger partial charge in [0.2, 0.25) is 5.91 Å². The Morgan fingerprint density at radius 2 is 1.83 bits per heavy atom. The Morgan fingerprint density at radius 3 is 2.51 bits per heavy atom. The van der Waals surface area contributed by atoms with Crippen LogP contribution in [0.5, 0.6) is 0 Å². The number of hydrogen-bond acceptors (Lipinski definition) is 6. The molecule has 1 unspecified atom stereocenters. The molecule has 0 aromatic heterocycles. The molecule has 214 valence electrons. The Morgan fingerprint density at radius 1 is 1.10 bits per heavy atom. The summed E-state index contributed by atoms with van der Waals surface area (Å²) in [5.41, 5.74) is 3.93. The molecule has 2 aliphatic heterocycles. The second-order valence-electron chi connectivity index (χ2n) is 10.4. The normalized spacial score (nSPS) is 16.8. The lowest BCUT2D eigenvalue weighted by Crippen LogP contribution is -2.52. The lowest BCUT2D eigenvalue weighted by molar-refractivity contribution is -0.146. The number of piperidine rings is 1. The largest absolute Gasteiger partial charge is 0.351 e.